The van der Waals surface area contributed by atoms with Crippen molar-refractivity contribution in [3.63, 3.8) is 0 Å². The lowest BCUT2D eigenvalue weighted by molar-refractivity contribution is -0.137. The van der Waals surface area contributed by atoms with Crippen molar-refractivity contribution in [2.75, 3.05) is 7.11 Å². The lowest BCUT2D eigenvalue weighted by Crippen LogP contribution is -2.14. The maximum Gasteiger partial charge on any atom is 0.390 e. The van der Waals surface area contributed by atoms with Gasteiger partial charge in [0.25, 0.3) is 0 Å². The summed E-state index contributed by atoms with van der Waals surface area (Å²) in [4.78, 5) is 19.6. The van der Waals surface area contributed by atoms with Crippen LogP contribution in [0.1, 0.15) is 22.3 Å². The number of methoxy groups -OCH3 is 1. The van der Waals surface area contributed by atoms with Crippen LogP contribution in [0.4, 0.5) is 13.2 Å². The first-order valence-corrected chi connectivity index (χ1v) is 8.56. The second kappa shape index (κ2) is 8.72. The summed E-state index contributed by atoms with van der Waals surface area (Å²) < 4.78 is 49.7. The van der Waals surface area contributed by atoms with E-state index in [4.69, 9.17) is 9.47 Å². The smallest absolute Gasteiger partial charge is 0.390 e. The van der Waals surface area contributed by atoms with Crippen molar-refractivity contribution in [1.29, 1.82) is 0 Å². The van der Waals surface area contributed by atoms with E-state index in [1.165, 1.54) is 36.4 Å². The lowest BCUT2D eigenvalue weighted by atomic mass is 10.1. The Bertz CT molecular complexity index is 989. The number of carbonyl (C=O) groups excluding carboxylic acids is 1. The van der Waals surface area contributed by atoms with Crippen LogP contribution in [0.25, 0.3) is 11.4 Å². The first-order valence-electron chi connectivity index (χ1n) is 8.56. The normalized spacial score (nSPS) is 11.3. The minimum absolute atomic E-state index is 0.0302. The van der Waals surface area contributed by atoms with Crippen LogP contribution in [0.15, 0.2) is 42.9 Å². The number of aromatic nitrogens is 4. The highest BCUT2D eigenvalue weighted by Crippen LogP contribution is 2.26. The number of pyridine rings is 2. The number of alkyl halides is 3. The minimum atomic E-state index is -4.29. The summed E-state index contributed by atoms with van der Waals surface area (Å²) in [5.41, 5.74) is 1.77. The number of hydrogen-bond donors (Lipinski definition) is 0. The van der Waals surface area contributed by atoms with Crippen molar-refractivity contribution in [2.24, 2.45) is 0 Å². The Kier molecular flexibility index (Phi) is 6.10. The van der Waals surface area contributed by atoms with Gasteiger partial charge in [0.2, 0.25) is 5.88 Å². The van der Waals surface area contributed by atoms with Crippen molar-refractivity contribution in [3.8, 4) is 23.0 Å². The third kappa shape index (κ3) is 5.09. The molecule has 0 N–H and O–H groups in total. The molecule has 0 aliphatic heterocycles. The van der Waals surface area contributed by atoms with Gasteiger partial charge in [-0.1, -0.05) is 6.07 Å². The maximum atomic E-state index is 12.6. The van der Waals surface area contributed by atoms with E-state index in [0.717, 1.165) is 0 Å². The molecular formula is C19H17F3N4O3. The molecule has 0 aliphatic carbocycles. The molecule has 0 aliphatic rings. The van der Waals surface area contributed by atoms with Crippen LogP contribution in [0.2, 0.25) is 0 Å². The third-order valence-corrected chi connectivity index (χ3v) is 4.05. The Labute approximate surface area is 164 Å². The van der Waals surface area contributed by atoms with E-state index in [-0.39, 0.29) is 30.3 Å². The number of nitrogens with zero attached hydrogens (tertiary/aromatic N) is 4. The van der Waals surface area contributed by atoms with Gasteiger partial charge in [0.1, 0.15) is 12.4 Å². The highest BCUT2D eigenvalue weighted by molar-refractivity contribution is 5.79. The van der Waals surface area contributed by atoms with Gasteiger partial charge in [0.15, 0.2) is 6.29 Å². The van der Waals surface area contributed by atoms with E-state index in [2.05, 4.69) is 15.1 Å². The fourth-order valence-corrected chi connectivity index (χ4v) is 2.65. The number of ether oxygens (including phenoxy) is 2. The average Bonchev–Trinajstić information content (AvgIpc) is 3.18. The molecule has 0 bridgehead atoms. The standard InChI is InChI=1S/C19H17F3N4O3/c1-28-17-9-14(11-27)16(10-24-17)29-12-13-3-2-6-23-18(13)15-4-7-25-26(15)8-5-19(20,21)22/h2-4,6-7,9-11H,5,8,12H2,1H3. The zero-order valence-electron chi connectivity index (χ0n) is 15.4. The van der Waals surface area contributed by atoms with Crippen LogP contribution in [-0.2, 0) is 13.2 Å². The molecule has 0 amide bonds. The SMILES string of the molecule is COc1cc(C=O)c(OCc2cccnc2-c2ccnn2CCC(F)(F)F)cn1. The van der Waals surface area contributed by atoms with Crippen LogP contribution >= 0.6 is 0 Å². The molecule has 0 saturated carbocycles. The van der Waals surface area contributed by atoms with E-state index in [0.29, 0.717) is 23.2 Å². The Morgan fingerprint density at radius 3 is 2.76 bits per heavy atom. The largest absolute Gasteiger partial charge is 0.486 e. The van der Waals surface area contributed by atoms with Gasteiger partial charge in [0.05, 0.1) is 43.2 Å². The van der Waals surface area contributed by atoms with Gasteiger partial charge in [-0.05, 0) is 12.1 Å². The fourth-order valence-electron chi connectivity index (χ4n) is 2.65. The van der Waals surface area contributed by atoms with Crippen molar-refractivity contribution in [2.45, 2.75) is 25.7 Å². The molecule has 0 unspecified atom stereocenters. The third-order valence-electron chi connectivity index (χ3n) is 4.05. The predicted octanol–water partition coefficient (Wildman–Crippen LogP) is 3.69. The summed E-state index contributed by atoms with van der Waals surface area (Å²) in [6.45, 7) is -0.289. The molecule has 7 nitrogen and oxygen atoms in total. The first kappa shape index (κ1) is 20.3. The van der Waals surface area contributed by atoms with E-state index < -0.39 is 12.6 Å². The molecule has 29 heavy (non-hydrogen) atoms. The Morgan fingerprint density at radius 2 is 2.03 bits per heavy atom. The molecule has 0 aromatic carbocycles. The molecule has 0 atom stereocenters. The lowest BCUT2D eigenvalue weighted by Gasteiger charge is -2.13. The summed E-state index contributed by atoms with van der Waals surface area (Å²) >= 11 is 0. The van der Waals surface area contributed by atoms with Crippen LogP contribution in [0.5, 0.6) is 11.6 Å². The average molecular weight is 406 g/mol. The van der Waals surface area contributed by atoms with Gasteiger partial charge in [-0.3, -0.25) is 14.5 Å². The second-order valence-corrected chi connectivity index (χ2v) is 5.99. The van der Waals surface area contributed by atoms with Gasteiger partial charge in [-0.25, -0.2) is 4.98 Å². The van der Waals surface area contributed by atoms with Crippen LogP contribution in [0.3, 0.4) is 0 Å². The zero-order valence-corrected chi connectivity index (χ0v) is 15.4. The topological polar surface area (TPSA) is 79.1 Å². The summed E-state index contributed by atoms with van der Waals surface area (Å²) in [6, 6.07) is 6.46. The van der Waals surface area contributed by atoms with Crippen LogP contribution in [-0.4, -0.2) is 39.3 Å². The minimum Gasteiger partial charge on any atom is -0.486 e. The Balaban J connectivity index is 1.82. The van der Waals surface area contributed by atoms with E-state index in [9.17, 15) is 18.0 Å². The maximum absolute atomic E-state index is 12.6. The molecule has 3 rings (SSSR count). The Hall–Kier alpha value is -3.43. The van der Waals surface area contributed by atoms with Crippen LogP contribution in [0, 0.1) is 0 Å². The highest BCUT2D eigenvalue weighted by Gasteiger charge is 2.27. The number of rotatable bonds is 8. The molecule has 0 saturated heterocycles. The molecule has 0 spiro atoms. The van der Waals surface area contributed by atoms with Gasteiger partial charge in [-0.2, -0.15) is 18.3 Å². The highest BCUT2D eigenvalue weighted by atomic mass is 19.4. The summed E-state index contributed by atoms with van der Waals surface area (Å²) in [6.07, 6.45) is -0.344. The monoisotopic (exact) mass is 406 g/mol. The van der Waals surface area contributed by atoms with Crippen molar-refractivity contribution >= 4 is 6.29 Å². The van der Waals surface area contributed by atoms with Crippen molar-refractivity contribution in [3.05, 3.63) is 54.0 Å². The molecular weight excluding hydrogens is 389 g/mol. The van der Waals surface area contributed by atoms with Gasteiger partial charge < -0.3 is 9.47 Å². The molecule has 0 fully saturated rings. The van der Waals surface area contributed by atoms with E-state index in [1.54, 1.807) is 18.2 Å². The molecule has 0 radical (unpaired) electrons. The number of hydrogen-bond acceptors (Lipinski definition) is 6. The molecule has 3 aromatic heterocycles. The fraction of sp³-hybridized carbons (Fsp3) is 0.263. The van der Waals surface area contributed by atoms with Crippen LogP contribution < -0.4 is 9.47 Å². The number of carbonyl (C=O) groups is 1. The number of halogens is 3. The van der Waals surface area contributed by atoms with E-state index >= 15 is 0 Å². The Morgan fingerprint density at radius 1 is 1.21 bits per heavy atom. The second-order valence-electron chi connectivity index (χ2n) is 5.99. The van der Waals surface area contributed by atoms with Gasteiger partial charge in [-0.15, -0.1) is 0 Å². The quantitative estimate of drug-likeness (QED) is 0.531. The number of aryl methyl sites for hydroxylation is 1. The van der Waals surface area contributed by atoms with Gasteiger partial charge >= 0.3 is 6.18 Å². The predicted molar refractivity (Wildman–Crippen MR) is 96.6 cm³/mol. The first-order chi connectivity index (χ1) is 13.9. The molecule has 10 heteroatoms. The molecule has 3 aromatic rings. The van der Waals surface area contributed by atoms with Crippen molar-refractivity contribution in [1.82, 2.24) is 19.7 Å². The summed E-state index contributed by atoms with van der Waals surface area (Å²) in [5.74, 6) is 0.524. The van der Waals surface area contributed by atoms with Crippen molar-refractivity contribution < 1.29 is 27.4 Å². The molecule has 3 heterocycles. The summed E-state index contributed by atoms with van der Waals surface area (Å²) in [5, 5.41) is 3.97. The molecule has 152 valence electrons. The van der Waals surface area contributed by atoms with Gasteiger partial charge in [0, 0.05) is 24.0 Å². The summed E-state index contributed by atoms with van der Waals surface area (Å²) in [7, 11) is 1.43. The van der Waals surface area contributed by atoms with E-state index in [1.807, 2.05) is 0 Å². The zero-order chi connectivity index (χ0) is 20.9. The number of aldehydes is 1.